The molecule has 0 fully saturated rings. The molecule has 7 heteroatoms. The molecule has 2 aromatic heterocycles. The van der Waals surface area contributed by atoms with Gasteiger partial charge in [0.2, 0.25) is 11.5 Å². The maximum absolute atomic E-state index is 13.3. The van der Waals surface area contributed by atoms with Crippen molar-refractivity contribution in [1.82, 2.24) is 0 Å². The summed E-state index contributed by atoms with van der Waals surface area (Å²) in [5.74, 6) is 0.114. The van der Waals surface area contributed by atoms with E-state index in [9.17, 15) is 9.59 Å². The number of rotatable bonds is 9. The molecule has 152 valence electrons. The van der Waals surface area contributed by atoms with Crippen molar-refractivity contribution in [3.05, 3.63) is 76.9 Å². The van der Waals surface area contributed by atoms with Gasteiger partial charge in [-0.05, 0) is 6.92 Å². The average Bonchev–Trinajstić information content (AvgIpc) is 3.12. The first-order valence-electron chi connectivity index (χ1n) is 9.53. The molecule has 0 aliphatic carbocycles. The summed E-state index contributed by atoms with van der Waals surface area (Å²) in [7, 11) is 0. The number of esters is 1. The largest absolute Gasteiger partial charge is 0.466 e. The number of hydrogen-bond donors (Lipinski definition) is 0. The zero-order valence-electron chi connectivity index (χ0n) is 16.5. The van der Waals surface area contributed by atoms with Gasteiger partial charge in [0.1, 0.15) is 4.21 Å². The number of ketones is 1. The molecular weight excluding hydrogens is 416 g/mol. The van der Waals surface area contributed by atoms with E-state index in [4.69, 9.17) is 10.00 Å². The van der Waals surface area contributed by atoms with Crippen LogP contribution in [0.25, 0.3) is 5.69 Å². The van der Waals surface area contributed by atoms with Gasteiger partial charge in [-0.25, -0.2) is 0 Å². The normalized spacial score (nSPS) is 10.4. The standard InChI is InChI=1S/C23H21N2O3S2/c1-2-28-19(26)16-18-20(25-13-7-4-8-14-25)23(29-15-9-12-24)30-22(18)21(27)17-10-5-3-6-11-17/h3-8,10-11,13-14H,2,9,15-16H2,1H3/q+1. The van der Waals surface area contributed by atoms with Gasteiger partial charge in [-0.2, -0.15) is 9.83 Å². The lowest BCUT2D eigenvalue weighted by Crippen LogP contribution is -2.31. The quantitative estimate of drug-likeness (QED) is 0.163. The molecule has 3 aromatic rings. The molecule has 5 nitrogen and oxygen atoms in total. The average molecular weight is 438 g/mol. The number of aromatic nitrogens is 1. The van der Waals surface area contributed by atoms with Gasteiger partial charge in [-0.3, -0.25) is 9.59 Å². The fourth-order valence-corrected chi connectivity index (χ4v) is 5.45. The van der Waals surface area contributed by atoms with Crippen molar-refractivity contribution >= 4 is 34.9 Å². The van der Waals surface area contributed by atoms with E-state index in [1.54, 1.807) is 19.1 Å². The van der Waals surface area contributed by atoms with Crippen molar-refractivity contribution in [2.45, 2.75) is 24.0 Å². The summed E-state index contributed by atoms with van der Waals surface area (Å²) in [5.41, 5.74) is 2.03. The first-order chi connectivity index (χ1) is 14.7. The van der Waals surface area contributed by atoms with Crippen LogP contribution in [-0.2, 0) is 16.0 Å². The zero-order valence-corrected chi connectivity index (χ0v) is 18.2. The zero-order chi connectivity index (χ0) is 21.3. The molecule has 30 heavy (non-hydrogen) atoms. The van der Waals surface area contributed by atoms with Gasteiger partial charge in [0.15, 0.2) is 12.4 Å². The van der Waals surface area contributed by atoms with Crippen LogP contribution in [0.4, 0.5) is 0 Å². The smallest absolute Gasteiger partial charge is 0.310 e. The first-order valence-corrected chi connectivity index (χ1v) is 11.3. The molecule has 3 rings (SSSR count). The van der Waals surface area contributed by atoms with Crippen LogP contribution in [0.3, 0.4) is 0 Å². The highest BCUT2D eigenvalue weighted by molar-refractivity contribution is 8.01. The van der Waals surface area contributed by atoms with Gasteiger partial charge in [0, 0.05) is 29.9 Å². The van der Waals surface area contributed by atoms with Gasteiger partial charge in [-0.1, -0.05) is 36.4 Å². The number of hydrogen-bond acceptors (Lipinski definition) is 6. The Morgan fingerprint density at radius 3 is 2.50 bits per heavy atom. The Bertz CT molecular complexity index is 1060. The Balaban J connectivity index is 2.15. The van der Waals surface area contributed by atoms with Crippen LogP contribution >= 0.6 is 23.1 Å². The highest BCUT2D eigenvalue weighted by Gasteiger charge is 2.31. The second-order valence-corrected chi connectivity index (χ2v) is 8.65. The van der Waals surface area contributed by atoms with Gasteiger partial charge >= 0.3 is 5.97 Å². The van der Waals surface area contributed by atoms with E-state index in [0.717, 1.165) is 9.90 Å². The fourth-order valence-electron chi connectivity index (χ4n) is 2.95. The van der Waals surface area contributed by atoms with E-state index < -0.39 is 0 Å². The molecule has 0 saturated carbocycles. The van der Waals surface area contributed by atoms with E-state index in [1.165, 1.54) is 23.1 Å². The number of carbonyl (C=O) groups is 2. The van der Waals surface area contributed by atoms with Crippen LogP contribution in [0, 0.1) is 11.3 Å². The third kappa shape index (κ3) is 5.15. The molecule has 0 unspecified atom stereocenters. The Hall–Kier alpha value is -2.95. The van der Waals surface area contributed by atoms with Crippen molar-refractivity contribution in [3.8, 4) is 11.8 Å². The van der Waals surface area contributed by atoms with Crippen LogP contribution in [0.1, 0.15) is 34.1 Å². The summed E-state index contributed by atoms with van der Waals surface area (Å²) < 4.78 is 8.00. The van der Waals surface area contributed by atoms with Crippen LogP contribution in [0.2, 0.25) is 0 Å². The molecule has 0 aliphatic heterocycles. The van der Waals surface area contributed by atoms with Gasteiger partial charge in [0.05, 0.1) is 29.5 Å². The Labute approximate surface area is 183 Å². The molecule has 0 aliphatic rings. The SMILES string of the molecule is CCOC(=O)Cc1c(C(=O)c2ccccc2)sc(SCCC#N)c1-[n+]1ccccc1. The number of pyridine rings is 1. The lowest BCUT2D eigenvalue weighted by Gasteiger charge is -2.05. The summed E-state index contributed by atoms with van der Waals surface area (Å²) in [5, 5.41) is 8.92. The van der Waals surface area contributed by atoms with Crippen molar-refractivity contribution < 1.29 is 18.9 Å². The lowest BCUT2D eigenvalue weighted by atomic mass is 10.0. The molecule has 0 atom stereocenters. The Morgan fingerprint density at radius 1 is 1.13 bits per heavy atom. The monoisotopic (exact) mass is 437 g/mol. The third-order valence-corrected chi connectivity index (χ3v) is 6.72. The summed E-state index contributed by atoms with van der Waals surface area (Å²) in [4.78, 5) is 26.2. The number of thioether (sulfide) groups is 1. The van der Waals surface area contributed by atoms with E-state index in [0.29, 0.717) is 28.2 Å². The molecule has 2 heterocycles. The maximum Gasteiger partial charge on any atom is 0.310 e. The Kier molecular flexibility index (Phi) is 7.77. The molecule has 0 saturated heterocycles. The van der Waals surface area contributed by atoms with E-state index >= 15 is 0 Å². The van der Waals surface area contributed by atoms with Crippen LogP contribution < -0.4 is 4.57 Å². The van der Waals surface area contributed by atoms with E-state index in [1.807, 2.05) is 53.4 Å². The first kappa shape index (κ1) is 21.8. The lowest BCUT2D eigenvalue weighted by molar-refractivity contribution is -0.598. The van der Waals surface area contributed by atoms with E-state index in [2.05, 4.69) is 6.07 Å². The molecule has 0 spiro atoms. The van der Waals surface area contributed by atoms with Crippen LogP contribution in [0.15, 0.2) is 65.1 Å². The minimum absolute atomic E-state index is 0.00822. The third-order valence-electron chi connectivity index (χ3n) is 4.24. The topological polar surface area (TPSA) is 71.0 Å². The second kappa shape index (κ2) is 10.7. The fraction of sp³-hybridized carbons (Fsp3) is 0.217. The van der Waals surface area contributed by atoms with Crippen molar-refractivity contribution in [2.75, 3.05) is 12.4 Å². The molecule has 1 aromatic carbocycles. The molecular formula is C23H21N2O3S2+. The van der Waals surface area contributed by atoms with Gasteiger partial charge in [0.25, 0.3) is 0 Å². The number of ether oxygens (including phenoxy) is 1. The van der Waals surface area contributed by atoms with Crippen LogP contribution in [0.5, 0.6) is 0 Å². The van der Waals surface area contributed by atoms with E-state index in [-0.39, 0.29) is 24.8 Å². The summed E-state index contributed by atoms with van der Waals surface area (Å²) >= 11 is 2.90. The number of nitrogens with zero attached hydrogens (tertiary/aromatic N) is 2. The highest BCUT2D eigenvalue weighted by Crippen LogP contribution is 2.38. The van der Waals surface area contributed by atoms with Gasteiger partial charge < -0.3 is 4.74 Å². The van der Waals surface area contributed by atoms with Gasteiger partial charge in [-0.15, -0.1) is 23.1 Å². The van der Waals surface area contributed by atoms with Crippen molar-refractivity contribution in [1.29, 1.82) is 5.26 Å². The predicted molar refractivity (Wildman–Crippen MR) is 117 cm³/mol. The molecule has 0 radical (unpaired) electrons. The minimum Gasteiger partial charge on any atom is -0.466 e. The number of thiophene rings is 1. The second-order valence-electron chi connectivity index (χ2n) is 6.26. The maximum atomic E-state index is 13.3. The van der Waals surface area contributed by atoms with Crippen LogP contribution in [-0.4, -0.2) is 24.1 Å². The summed E-state index contributed by atoms with van der Waals surface area (Å²) in [6, 6.07) is 16.9. The summed E-state index contributed by atoms with van der Waals surface area (Å²) in [6.07, 6.45) is 4.19. The number of carbonyl (C=O) groups excluding carboxylic acids is 2. The Morgan fingerprint density at radius 2 is 1.83 bits per heavy atom. The predicted octanol–water partition coefficient (Wildman–Crippen LogP) is 4.37. The minimum atomic E-state index is -0.372. The molecule has 0 amide bonds. The number of nitriles is 1. The number of benzene rings is 1. The summed E-state index contributed by atoms with van der Waals surface area (Å²) in [6.45, 7) is 2.04. The van der Waals surface area contributed by atoms with Crippen molar-refractivity contribution in [3.63, 3.8) is 0 Å². The molecule has 0 N–H and O–H groups in total. The highest BCUT2D eigenvalue weighted by atomic mass is 32.2. The van der Waals surface area contributed by atoms with Crippen molar-refractivity contribution in [2.24, 2.45) is 0 Å². The molecule has 0 bridgehead atoms.